The number of amides is 2. The van der Waals surface area contributed by atoms with Gasteiger partial charge in [-0.25, -0.2) is 9.18 Å². The van der Waals surface area contributed by atoms with E-state index in [0.29, 0.717) is 56.6 Å². The predicted molar refractivity (Wildman–Crippen MR) is 139 cm³/mol. The first kappa shape index (κ1) is 26.1. The van der Waals surface area contributed by atoms with Crippen molar-refractivity contribution >= 4 is 23.4 Å². The van der Waals surface area contributed by atoms with Crippen molar-refractivity contribution < 1.29 is 37.5 Å². The van der Waals surface area contributed by atoms with Crippen LogP contribution in [0, 0.1) is 11.7 Å². The molecule has 210 valence electrons. The smallest absolute Gasteiger partial charge is 0.414 e. The highest BCUT2D eigenvalue weighted by atomic mass is 19.1. The zero-order valence-electron chi connectivity index (χ0n) is 21.7. The summed E-state index contributed by atoms with van der Waals surface area (Å²) in [6.07, 6.45) is -0.179. The van der Waals surface area contributed by atoms with E-state index >= 15 is 4.39 Å². The first-order valence-electron chi connectivity index (χ1n) is 13.2. The number of anilines is 2. The van der Waals surface area contributed by atoms with E-state index in [1.807, 2.05) is 35.2 Å². The van der Waals surface area contributed by atoms with Gasteiger partial charge >= 0.3 is 6.09 Å². The number of rotatable bonds is 7. The molecular weight excluding hydrogens is 523 g/mol. The predicted octanol–water partition coefficient (Wildman–Crippen LogP) is 3.23. The highest BCUT2D eigenvalue weighted by Gasteiger charge is 2.35. The normalized spacial score (nSPS) is 23.3. The van der Waals surface area contributed by atoms with Crippen LogP contribution in [0.2, 0.25) is 0 Å². The number of carbonyl (C=O) groups excluding carboxylic acids is 2. The lowest BCUT2D eigenvalue weighted by molar-refractivity contribution is -0.209. The minimum absolute atomic E-state index is 0.0170. The van der Waals surface area contributed by atoms with Gasteiger partial charge in [0.05, 0.1) is 37.1 Å². The second kappa shape index (κ2) is 11.5. The monoisotopic (exact) mass is 552 g/mol. The van der Waals surface area contributed by atoms with Crippen molar-refractivity contribution in [3.8, 4) is 5.88 Å². The Labute approximate surface area is 229 Å². The summed E-state index contributed by atoms with van der Waals surface area (Å²) in [6.45, 7) is 2.80. The van der Waals surface area contributed by atoms with Crippen molar-refractivity contribution in [2.75, 3.05) is 62.3 Å². The van der Waals surface area contributed by atoms with Gasteiger partial charge in [0.2, 0.25) is 5.91 Å². The molecule has 2 amide bonds. The number of aromatic nitrogens is 1. The maximum absolute atomic E-state index is 15.2. The topological polar surface area (TPSA) is 107 Å². The SMILES string of the molecule is O=C(C1COC(c2ccccc2)OC1)N1CCN(c2ccc(N3CC(COc4ccon4)OC3=O)cc2F)CC1. The summed E-state index contributed by atoms with van der Waals surface area (Å²) in [6, 6.07) is 15.9. The van der Waals surface area contributed by atoms with Gasteiger partial charge in [-0.15, -0.1) is 0 Å². The lowest BCUT2D eigenvalue weighted by Crippen LogP contribution is -2.52. The van der Waals surface area contributed by atoms with Crippen LogP contribution >= 0.6 is 0 Å². The summed E-state index contributed by atoms with van der Waals surface area (Å²) in [7, 11) is 0. The fraction of sp³-hybridized carbons (Fsp3) is 0.393. The van der Waals surface area contributed by atoms with Gasteiger partial charge in [-0.05, 0) is 23.4 Å². The third-order valence-electron chi connectivity index (χ3n) is 7.20. The number of piperazine rings is 1. The molecule has 1 unspecified atom stereocenters. The fourth-order valence-corrected chi connectivity index (χ4v) is 5.07. The van der Waals surface area contributed by atoms with Crippen molar-refractivity contribution in [2.24, 2.45) is 5.92 Å². The van der Waals surface area contributed by atoms with E-state index in [0.717, 1.165) is 5.56 Å². The molecule has 11 nitrogen and oxygen atoms in total. The Morgan fingerprint density at radius 2 is 1.80 bits per heavy atom. The van der Waals surface area contributed by atoms with Gasteiger partial charge in [0.15, 0.2) is 12.4 Å². The van der Waals surface area contributed by atoms with Crippen molar-refractivity contribution in [1.29, 1.82) is 0 Å². The van der Waals surface area contributed by atoms with Crippen molar-refractivity contribution in [3.05, 3.63) is 72.2 Å². The zero-order chi connectivity index (χ0) is 27.5. The van der Waals surface area contributed by atoms with E-state index in [2.05, 4.69) is 5.16 Å². The van der Waals surface area contributed by atoms with Gasteiger partial charge in [-0.1, -0.05) is 30.3 Å². The van der Waals surface area contributed by atoms with E-state index in [1.54, 1.807) is 23.1 Å². The summed E-state index contributed by atoms with van der Waals surface area (Å²) >= 11 is 0. The van der Waals surface area contributed by atoms with Crippen LogP contribution < -0.4 is 14.5 Å². The summed E-state index contributed by atoms with van der Waals surface area (Å²) in [5.74, 6) is -0.540. The molecule has 0 saturated carbocycles. The fourth-order valence-electron chi connectivity index (χ4n) is 5.07. The molecule has 0 radical (unpaired) electrons. The number of hydrogen-bond donors (Lipinski definition) is 0. The second-order valence-electron chi connectivity index (χ2n) is 9.82. The summed E-state index contributed by atoms with van der Waals surface area (Å²) in [5.41, 5.74) is 1.74. The minimum Gasteiger partial charge on any atom is -0.471 e. The van der Waals surface area contributed by atoms with E-state index in [-0.39, 0.29) is 25.0 Å². The molecule has 3 aliphatic heterocycles. The molecule has 12 heteroatoms. The Bertz CT molecular complexity index is 1310. The average molecular weight is 553 g/mol. The molecule has 0 bridgehead atoms. The summed E-state index contributed by atoms with van der Waals surface area (Å²) in [4.78, 5) is 30.5. The van der Waals surface area contributed by atoms with E-state index in [4.69, 9.17) is 23.5 Å². The number of nitrogens with zero attached hydrogens (tertiary/aromatic N) is 4. The molecule has 6 rings (SSSR count). The van der Waals surface area contributed by atoms with Crippen molar-refractivity contribution in [2.45, 2.75) is 12.4 Å². The molecule has 40 heavy (non-hydrogen) atoms. The maximum Gasteiger partial charge on any atom is 0.414 e. The molecule has 3 fully saturated rings. The summed E-state index contributed by atoms with van der Waals surface area (Å²) < 4.78 is 42.3. The molecule has 0 aliphatic carbocycles. The van der Waals surface area contributed by atoms with Crippen molar-refractivity contribution in [1.82, 2.24) is 10.1 Å². The molecule has 1 atom stereocenters. The van der Waals surface area contributed by atoms with Gasteiger partial charge in [-0.3, -0.25) is 9.69 Å². The Morgan fingerprint density at radius 1 is 1.02 bits per heavy atom. The third-order valence-corrected chi connectivity index (χ3v) is 7.20. The molecular formula is C28H29FN4O7. The Kier molecular flexibility index (Phi) is 7.51. The highest BCUT2D eigenvalue weighted by Crippen LogP contribution is 2.30. The van der Waals surface area contributed by atoms with Crippen LogP contribution in [-0.4, -0.2) is 80.7 Å². The zero-order valence-corrected chi connectivity index (χ0v) is 21.7. The Balaban J connectivity index is 0.997. The Morgan fingerprint density at radius 3 is 2.50 bits per heavy atom. The third kappa shape index (κ3) is 5.58. The van der Waals surface area contributed by atoms with Gasteiger partial charge in [-0.2, -0.15) is 0 Å². The van der Waals surface area contributed by atoms with E-state index < -0.39 is 24.3 Å². The van der Waals surface area contributed by atoms with Gasteiger partial charge in [0.25, 0.3) is 5.88 Å². The van der Waals surface area contributed by atoms with Crippen LogP contribution in [0.15, 0.2) is 65.4 Å². The molecule has 2 aromatic carbocycles. The van der Waals surface area contributed by atoms with Crippen LogP contribution in [-0.2, 0) is 19.0 Å². The second-order valence-corrected chi connectivity index (χ2v) is 9.82. The molecule has 4 heterocycles. The van der Waals surface area contributed by atoms with Crippen molar-refractivity contribution in [3.63, 3.8) is 0 Å². The Hall–Kier alpha value is -4.16. The standard InChI is InChI=1S/C28H29FN4O7/c29-23-14-21(33-15-22(40-28(33)35)18-36-25-8-13-39-30-25)6-7-24(23)31-9-11-32(12-10-31)26(34)20-16-37-27(38-17-20)19-4-2-1-3-5-19/h1-8,13-14,20,22,27H,9-12,15-18H2. The van der Waals surface area contributed by atoms with Crippen LogP contribution in [0.4, 0.5) is 20.6 Å². The molecule has 1 aromatic heterocycles. The number of benzene rings is 2. The van der Waals surface area contributed by atoms with Crippen LogP contribution in [0.1, 0.15) is 11.9 Å². The van der Waals surface area contributed by atoms with Gasteiger partial charge < -0.3 is 33.3 Å². The molecule has 0 spiro atoms. The highest BCUT2D eigenvalue weighted by molar-refractivity contribution is 5.90. The number of hydrogen-bond acceptors (Lipinski definition) is 9. The molecule has 3 saturated heterocycles. The first-order chi connectivity index (χ1) is 19.5. The van der Waals surface area contributed by atoms with E-state index in [1.165, 1.54) is 17.2 Å². The lowest BCUT2D eigenvalue weighted by Gasteiger charge is -2.39. The van der Waals surface area contributed by atoms with Crippen LogP contribution in [0.3, 0.4) is 0 Å². The first-order valence-corrected chi connectivity index (χ1v) is 13.2. The number of ether oxygens (including phenoxy) is 4. The number of halogens is 1. The van der Waals surface area contributed by atoms with Gasteiger partial charge in [0.1, 0.15) is 18.7 Å². The lowest BCUT2D eigenvalue weighted by atomic mass is 10.1. The van der Waals surface area contributed by atoms with Gasteiger partial charge in [0, 0.05) is 37.8 Å². The maximum atomic E-state index is 15.2. The van der Waals surface area contributed by atoms with Crippen LogP contribution in [0.5, 0.6) is 5.88 Å². The number of cyclic esters (lactones) is 1. The summed E-state index contributed by atoms with van der Waals surface area (Å²) in [5, 5.41) is 3.65. The average Bonchev–Trinajstić information content (AvgIpc) is 3.66. The largest absolute Gasteiger partial charge is 0.471 e. The van der Waals surface area contributed by atoms with E-state index in [9.17, 15) is 9.59 Å². The minimum atomic E-state index is -0.571. The molecule has 3 aliphatic rings. The van der Waals surface area contributed by atoms with Crippen LogP contribution in [0.25, 0.3) is 0 Å². The number of carbonyl (C=O) groups is 2. The molecule has 3 aromatic rings. The quantitative estimate of drug-likeness (QED) is 0.437. The molecule has 0 N–H and O–H groups in total.